The Labute approximate surface area is 98.3 Å². The zero-order chi connectivity index (χ0) is 11.3. The molecular formula is C15H21N. The molecule has 0 radical (unpaired) electrons. The van der Waals surface area contributed by atoms with Crippen LogP contribution in [0.5, 0.6) is 0 Å². The second kappa shape index (κ2) is 3.33. The predicted molar refractivity (Wildman–Crippen MR) is 67.9 cm³/mol. The lowest BCUT2D eigenvalue weighted by atomic mass is 9.88. The third-order valence-corrected chi connectivity index (χ3v) is 4.54. The van der Waals surface area contributed by atoms with Crippen molar-refractivity contribution in [3.05, 3.63) is 34.9 Å². The number of piperidine rings is 1. The van der Waals surface area contributed by atoms with Crippen LogP contribution in [0.3, 0.4) is 0 Å². The number of aryl methyl sites for hydroxylation is 1. The van der Waals surface area contributed by atoms with Gasteiger partial charge in [-0.2, -0.15) is 0 Å². The zero-order valence-electron chi connectivity index (χ0n) is 10.5. The molecule has 1 heteroatoms. The Morgan fingerprint density at radius 2 is 2.19 bits per heavy atom. The first-order valence-electron chi connectivity index (χ1n) is 6.45. The Morgan fingerprint density at radius 3 is 2.75 bits per heavy atom. The summed E-state index contributed by atoms with van der Waals surface area (Å²) in [5.41, 5.74) is 5.07. The minimum atomic E-state index is 0.511. The van der Waals surface area contributed by atoms with Crippen LogP contribution in [-0.2, 0) is 5.41 Å². The van der Waals surface area contributed by atoms with Crippen LogP contribution in [-0.4, -0.2) is 13.1 Å². The molecule has 3 rings (SSSR count). The monoisotopic (exact) mass is 215 g/mol. The summed E-state index contributed by atoms with van der Waals surface area (Å²) in [7, 11) is 0. The van der Waals surface area contributed by atoms with Gasteiger partial charge in [0.05, 0.1) is 0 Å². The molecular weight excluding hydrogens is 194 g/mol. The minimum Gasteiger partial charge on any atom is -0.316 e. The van der Waals surface area contributed by atoms with Crippen molar-refractivity contribution in [2.45, 2.75) is 38.5 Å². The first-order valence-corrected chi connectivity index (χ1v) is 6.45. The molecule has 0 amide bonds. The molecule has 1 aromatic rings. The molecule has 2 atom stereocenters. The second-order valence-corrected chi connectivity index (χ2v) is 5.91. The molecule has 16 heavy (non-hydrogen) atoms. The van der Waals surface area contributed by atoms with Gasteiger partial charge in [-0.1, -0.05) is 32.0 Å². The fourth-order valence-corrected chi connectivity index (χ4v) is 3.36. The van der Waals surface area contributed by atoms with Crippen LogP contribution in [0.15, 0.2) is 18.2 Å². The van der Waals surface area contributed by atoms with Gasteiger partial charge in [0.25, 0.3) is 0 Å². The number of fused-ring (bicyclic) bond motifs is 1. The topological polar surface area (TPSA) is 12.0 Å². The smallest absolute Gasteiger partial charge is 0.0122 e. The molecule has 0 aromatic heterocycles. The van der Waals surface area contributed by atoms with Crippen LogP contribution in [0.1, 0.15) is 42.9 Å². The first kappa shape index (κ1) is 10.3. The highest BCUT2D eigenvalue weighted by Crippen LogP contribution is 2.56. The summed E-state index contributed by atoms with van der Waals surface area (Å²) < 4.78 is 0. The lowest BCUT2D eigenvalue weighted by Gasteiger charge is -2.17. The van der Waals surface area contributed by atoms with Gasteiger partial charge in [0.2, 0.25) is 0 Å². The zero-order valence-corrected chi connectivity index (χ0v) is 10.5. The summed E-state index contributed by atoms with van der Waals surface area (Å²) in [5.74, 6) is 1.55. The quantitative estimate of drug-likeness (QED) is 0.799. The number of nitrogens with one attached hydrogen (secondary N) is 1. The fourth-order valence-electron chi connectivity index (χ4n) is 3.36. The van der Waals surface area contributed by atoms with Crippen LogP contribution >= 0.6 is 0 Å². The van der Waals surface area contributed by atoms with Crippen molar-refractivity contribution in [3.8, 4) is 0 Å². The van der Waals surface area contributed by atoms with Crippen LogP contribution in [0.2, 0.25) is 0 Å². The molecule has 1 saturated carbocycles. The highest BCUT2D eigenvalue weighted by Gasteiger charge is 2.57. The van der Waals surface area contributed by atoms with Gasteiger partial charge in [0.1, 0.15) is 0 Å². The Morgan fingerprint density at radius 1 is 1.38 bits per heavy atom. The van der Waals surface area contributed by atoms with Gasteiger partial charge in [0, 0.05) is 12.0 Å². The summed E-state index contributed by atoms with van der Waals surface area (Å²) in [6.07, 6.45) is 1.40. The number of hydrogen-bond donors (Lipinski definition) is 1. The van der Waals surface area contributed by atoms with E-state index < -0.39 is 0 Å². The lowest BCUT2D eigenvalue weighted by molar-refractivity contribution is 0.673. The second-order valence-electron chi connectivity index (χ2n) is 5.91. The molecule has 1 nitrogen and oxygen atoms in total. The van der Waals surface area contributed by atoms with E-state index in [0.29, 0.717) is 11.3 Å². The summed E-state index contributed by atoms with van der Waals surface area (Å²) in [6, 6.07) is 7.13. The van der Waals surface area contributed by atoms with Crippen molar-refractivity contribution < 1.29 is 0 Å². The summed E-state index contributed by atoms with van der Waals surface area (Å²) in [4.78, 5) is 0. The van der Waals surface area contributed by atoms with E-state index in [2.05, 4.69) is 44.3 Å². The van der Waals surface area contributed by atoms with Crippen molar-refractivity contribution in [2.75, 3.05) is 13.1 Å². The first-order chi connectivity index (χ1) is 7.63. The Bertz CT molecular complexity index is 421. The van der Waals surface area contributed by atoms with E-state index in [1.54, 1.807) is 5.56 Å². The average molecular weight is 215 g/mol. The Balaban J connectivity index is 2.00. The van der Waals surface area contributed by atoms with Crippen molar-refractivity contribution in [2.24, 2.45) is 5.92 Å². The van der Waals surface area contributed by atoms with E-state index in [1.807, 2.05) is 0 Å². The van der Waals surface area contributed by atoms with Crippen molar-refractivity contribution >= 4 is 0 Å². The third-order valence-electron chi connectivity index (χ3n) is 4.54. The van der Waals surface area contributed by atoms with Gasteiger partial charge in [-0.3, -0.25) is 0 Å². The van der Waals surface area contributed by atoms with E-state index in [0.717, 1.165) is 5.92 Å². The molecule has 2 unspecified atom stereocenters. The lowest BCUT2D eigenvalue weighted by Crippen LogP contribution is -2.19. The van der Waals surface area contributed by atoms with Crippen molar-refractivity contribution in [1.82, 2.24) is 5.32 Å². The highest BCUT2D eigenvalue weighted by molar-refractivity contribution is 5.42. The van der Waals surface area contributed by atoms with E-state index in [4.69, 9.17) is 0 Å². The van der Waals surface area contributed by atoms with E-state index in [9.17, 15) is 0 Å². The summed E-state index contributed by atoms with van der Waals surface area (Å²) in [5, 5.41) is 3.52. The molecule has 2 fully saturated rings. The average Bonchev–Trinajstić information content (AvgIpc) is 2.82. The molecule has 2 aliphatic rings. The minimum absolute atomic E-state index is 0.511. The maximum absolute atomic E-state index is 3.52. The van der Waals surface area contributed by atoms with Crippen LogP contribution in [0, 0.1) is 12.8 Å². The number of hydrogen-bond acceptors (Lipinski definition) is 1. The molecule has 0 bridgehead atoms. The molecule has 1 heterocycles. The van der Waals surface area contributed by atoms with Crippen LogP contribution < -0.4 is 5.32 Å². The third kappa shape index (κ3) is 1.34. The SMILES string of the molecule is Cc1ccc(C23CNCC2C3)cc1C(C)C. The van der Waals surface area contributed by atoms with Crippen LogP contribution in [0.4, 0.5) is 0 Å². The summed E-state index contributed by atoms with van der Waals surface area (Å²) in [6.45, 7) is 9.24. The molecule has 0 spiro atoms. The molecule has 1 aliphatic carbocycles. The Hall–Kier alpha value is -0.820. The van der Waals surface area contributed by atoms with E-state index in [1.165, 1.54) is 30.6 Å². The van der Waals surface area contributed by atoms with E-state index in [-0.39, 0.29) is 0 Å². The van der Waals surface area contributed by atoms with Gasteiger partial charge < -0.3 is 5.32 Å². The molecule has 1 aliphatic heterocycles. The van der Waals surface area contributed by atoms with Crippen molar-refractivity contribution in [1.29, 1.82) is 0 Å². The summed E-state index contributed by atoms with van der Waals surface area (Å²) >= 11 is 0. The van der Waals surface area contributed by atoms with Gasteiger partial charge in [-0.25, -0.2) is 0 Å². The molecule has 1 saturated heterocycles. The van der Waals surface area contributed by atoms with Gasteiger partial charge in [-0.15, -0.1) is 0 Å². The van der Waals surface area contributed by atoms with Gasteiger partial charge in [-0.05, 0) is 48.4 Å². The molecule has 1 N–H and O–H groups in total. The standard InChI is InChI=1S/C15H21N/c1-10(2)14-6-12(5-4-11(14)3)15-7-13(15)8-16-9-15/h4-6,10,13,16H,7-9H2,1-3H3. The van der Waals surface area contributed by atoms with Crippen molar-refractivity contribution in [3.63, 3.8) is 0 Å². The maximum Gasteiger partial charge on any atom is 0.0122 e. The molecule has 86 valence electrons. The normalized spacial score (nSPS) is 31.9. The number of benzene rings is 1. The number of rotatable bonds is 2. The Kier molecular flexibility index (Phi) is 2.16. The fraction of sp³-hybridized carbons (Fsp3) is 0.600. The highest BCUT2D eigenvalue weighted by atomic mass is 15.0. The van der Waals surface area contributed by atoms with Crippen LogP contribution in [0.25, 0.3) is 0 Å². The van der Waals surface area contributed by atoms with Gasteiger partial charge in [0.15, 0.2) is 0 Å². The maximum atomic E-state index is 3.52. The van der Waals surface area contributed by atoms with E-state index >= 15 is 0 Å². The predicted octanol–water partition coefficient (Wildman–Crippen LogP) is 2.98. The molecule has 1 aromatic carbocycles. The van der Waals surface area contributed by atoms with Gasteiger partial charge >= 0.3 is 0 Å². The largest absolute Gasteiger partial charge is 0.316 e.